The second-order valence-electron chi connectivity index (χ2n) is 7.20. The number of anilines is 2. The maximum Gasteiger partial charge on any atom is 0.416 e. The third-order valence-corrected chi connectivity index (χ3v) is 5.10. The fourth-order valence-corrected chi connectivity index (χ4v) is 3.69. The summed E-state index contributed by atoms with van der Waals surface area (Å²) in [5.74, 6) is 1.12. The summed E-state index contributed by atoms with van der Waals surface area (Å²) in [5, 5.41) is 14.9. The van der Waals surface area contributed by atoms with Crippen LogP contribution in [0.5, 0.6) is 0 Å². The first-order chi connectivity index (χ1) is 13.6. The summed E-state index contributed by atoms with van der Waals surface area (Å²) < 4.78 is 63.0. The Morgan fingerprint density at radius 2 is 1.90 bits per heavy atom. The van der Waals surface area contributed by atoms with Crippen LogP contribution in [0.1, 0.15) is 24.5 Å². The minimum absolute atomic E-state index is 0. The molecule has 12 heteroatoms. The van der Waals surface area contributed by atoms with Crippen molar-refractivity contribution in [2.75, 3.05) is 23.1 Å². The molecule has 0 bridgehead atoms. The van der Waals surface area contributed by atoms with E-state index >= 15 is 0 Å². The smallest absolute Gasteiger partial charge is 0.416 e. The van der Waals surface area contributed by atoms with E-state index in [9.17, 15) is 21.6 Å². The molecule has 1 aliphatic rings. The molecule has 1 aromatic carbocycles. The fraction of sp³-hybridized carbons (Fsp3) is 0.444. The van der Waals surface area contributed by atoms with Crippen molar-refractivity contribution in [3.8, 4) is 11.3 Å². The van der Waals surface area contributed by atoms with E-state index < -0.39 is 22.6 Å². The fourth-order valence-electron chi connectivity index (χ4n) is 3.34. The predicted octanol–water partition coefficient (Wildman–Crippen LogP) is 3.51. The van der Waals surface area contributed by atoms with Crippen molar-refractivity contribution < 1.29 is 42.0 Å². The van der Waals surface area contributed by atoms with Crippen LogP contribution in [0.3, 0.4) is 0 Å². The molecule has 0 saturated carbocycles. The van der Waals surface area contributed by atoms with Crippen molar-refractivity contribution in [2.24, 2.45) is 5.92 Å². The van der Waals surface area contributed by atoms with Crippen LogP contribution in [0.15, 0.2) is 24.3 Å². The van der Waals surface area contributed by atoms with Crippen LogP contribution in [-0.2, 0) is 45.9 Å². The summed E-state index contributed by atoms with van der Waals surface area (Å²) in [6.07, 6.45) is -3.61. The van der Waals surface area contributed by atoms with Gasteiger partial charge in [-0.1, -0.05) is 13.0 Å². The summed E-state index contributed by atoms with van der Waals surface area (Å²) in [5.41, 5.74) is 0.0495. The van der Waals surface area contributed by atoms with Gasteiger partial charge in [-0.15, -0.1) is 10.2 Å². The van der Waals surface area contributed by atoms with E-state index in [4.69, 9.17) is 0 Å². The van der Waals surface area contributed by atoms with Gasteiger partial charge in [0, 0.05) is 55.2 Å². The molecular weight excluding hydrogens is 593 g/mol. The maximum atomic E-state index is 13.0. The van der Waals surface area contributed by atoms with Crippen LogP contribution in [0, 0.1) is 12.8 Å². The second kappa shape index (κ2) is 10.0. The van der Waals surface area contributed by atoms with Gasteiger partial charge < -0.3 is 23.8 Å². The van der Waals surface area contributed by atoms with E-state index in [1.165, 1.54) is 6.07 Å². The third kappa shape index (κ3) is 6.14. The Hall–Kier alpha value is -1.74. The van der Waals surface area contributed by atoms with E-state index in [0.717, 1.165) is 37.2 Å². The quantitative estimate of drug-likeness (QED) is 0.447. The molecule has 1 fully saturated rings. The average molecular weight is 615 g/mol. The van der Waals surface area contributed by atoms with Gasteiger partial charge in [-0.25, -0.2) is 0 Å². The minimum atomic E-state index is -4.60. The first-order valence-electron chi connectivity index (χ1n) is 9.02. The van der Waals surface area contributed by atoms with Gasteiger partial charge in [-0.3, -0.25) is 0 Å². The Morgan fingerprint density at radius 3 is 2.50 bits per heavy atom. The molecule has 2 atom stereocenters. The van der Waals surface area contributed by atoms with Crippen LogP contribution < -0.4 is 15.4 Å². The van der Waals surface area contributed by atoms with E-state index in [0.29, 0.717) is 11.7 Å². The molecule has 1 aromatic heterocycles. The van der Waals surface area contributed by atoms with Gasteiger partial charge in [0.05, 0.1) is 11.3 Å². The molecule has 2 unspecified atom stereocenters. The van der Waals surface area contributed by atoms with Crippen LogP contribution >= 0.6 is 0 Å². The number of nitrogens with zero attached hydrogens (tertiary/aromatic N) is 2. The van der Waals surface area contributed by atoms with E-state index in [2.05, 4.69) is 27.8 Å². The molecule has 0 spiro atoms. The molecular formula is C18H21F3N5O2ReS-. The average Bonchev–Trinajstić information content (AvgIpc) is 2.62. The van der Waals surface area contributed by atoms with E-state index in [1.807, 2.05) is 11.6 Å². The zero-order valence-electron chi connectivity index (χ0n) is 16.2. The number of hydrogen-bond donors (Lipinski definition) is 3. The van der Waals surface area contributed by atoms with Crippen molar-refractivity contribution in [1.82, 2.24) is 15.5 Å². The number of rotatable bonds is 5. The minimum Gasteiger partial charge on any atom is -0.419 e. The first-order valence-corrected chi connectivity index (χ1v) is 10.1. The predicted molar refractivity (Wildman–Crippen MR) is 104 cm³/mol. The molecule has 1 saturated heterocycles. The summed E-state index contributed by atoms with van der Waals surface area (Å²) in [4.78, 5) is 0. The van der Waals surface area contributed by atoms with Gasteiger partial charge in [0.2, 0.25) is 0 Å². The van der Waals surface area contributed by atoms with Gasteiger partial charge in [0.25, 0.3) is 0 Å². The zero-order valence-corrected chi connectivity index (χ0v) is 19.7. The van der Waals surface area contributed by atoms with Crippen molar-refractivity contribution in [2.45, 2.75) is 32.5 Å². The number of aryl methyl sites for hydroxylation is 1. The molecule has 1 radical (unpaired) electrons. The molecule has 0 aliphatic carbocycles. The summed E-state index contributed by atoms with van der Waals surface area (Å²) >= 11 is 0. The zero-order chi connectivity index (χ0) is 21.2. The topological polar surface area (TPSA) is 96.0 Å². The van der Waals surface area contributed by atoms with Crippen LogP contribution in [0.25, 0.3) is 11.3 Å². The maximum absolute atomic E-state index is 13.0. The molecule has 0 amide bonds. The molecule has 3 rings (SSSR count). The molecule has 30 heavy (non-hydrogen) atoms. The van der Waals surface area contributed by atoms with Gasteiger partial charge in [-0.2, -0.15) is 13.2 Å². The molecule has 7 nitrogen and oxygen atoms in total. The molecule has 2 heterocycles. The number of nitrogens with one attached hydrogen (secondary N) is 3. The van der Waals surface area contributed by atoms with Crippen LogP contribution in [0.2, 0.25) is 0 Å². The molecule has 165 valence electrons. The molecule has 1 aliphatic heterocycles. The van der Waals surface area contributed by atoms with Crippen LogP contribution in [0.4, 0.5) is 24.7 Å². The van der Waals surface area contributed by atoms with Gasteiger partial charge in [0.1, 0.15) is 0 Å². The number of piperidine rings is 1. The third-order valence-electron chi connectivity index (χ3n) is 4.71. The standard InChI is InChI=1S/C18H21F3N5O2S.Re/c1-10-5-13(9-22-8-10)23-17-11(2)6-15(24-25-17)14-4-3-12(18(19,20)21)7-16(14)26-29(27)28;/h3-4,6-7,10,13,22H,5,8-9H2,1-2H3,(H,23,25)(H,26,27,28);/q-1;. The van der Waals surface area contributed by atoms with Gasteiger partial charge in [0.15, 0.2) is 5.82 Å². The van der Waals surface area contributed by atoms with Gasteiger partial charge >= 0.3 is 6.18 Å². The summed E-state index contributed by atoms with van der Waals surface area (Å²) in [6, 6.07) is 4.66. The second-order valence-corrected chi connectivity index (χ2v) is 7.87. The molecule has 2 aromatic rings. The molecule has 3 N–H and O–H groups in total. The van der Waals surface area contributed by atoms with Gasteiger partial charge in [-0.05, 0) is 49.6 Å². The largest absolute Gasteiger partial charge is 0.419 e. The Labute approximate surface area is 188 Å². The summed E-state index contributed by atoms with van der Waals surface area (Å²) in [7, 11) is -2.79. The Balaban J connectivity index is 0.00000320. The monoisotopic (exact) mass is 615 g/mol. The first kappa shape index (κ1) is 24.5. The summed E-state index contributed by atoms with van der Waals surface area (Å²) in [6.45, 7) is 5.73. The number of halogens is 3. The Bertz CT molecular complexity index is 963. The Morgan fingerprint density at radius 1 is 1.17 bits per heavy atom. The van der Waals surface area contributed by atoms with Crippen molar-refractivity contribution in [1.29, 1.82) is 0 Å². The van der Waals surface area contributed by atoms with E-state index in [-0.39, 0.29) is 43.4 Å². The number of aromatic nitrogens is 2. The van der Waals surface area contributed by atoms with Crippen LogP contribution in [-0.4, -0.2) is 29.3 Å². The van der Waals surface area contributed by atoms with Crippen molar-refractivity contribution in [3.63, 3.8) is 0 Å². The van der Waals surface area contributed by atoms with Crippen molar-refractivity contribution >= 4 is 22.4 Å². The number of hydrogen-bond acceptors (Lipinski definition) is 7. The Kier molecular flexibility index (Phi) is 8.21. The van der Waals surface area contributed by atoms with Crippen molar-refractivity contribution in [3.05, 3.63) is 35.4 Å². The SMILES string of the molecule is Cc1cc(-c2ccc(C(F)(F)F)cc2N[S-](=O)=O)nnc1NC1CNCC(C)C1.[Re]. The normalized spacial score (nSPS) is 19.3. The number of benzene rings is 1. The van der Waals surface area contributed by atoms with E-state index in [1.54, 1.807) is 6.07 Å². The number of alkyl halides is 3.